The van der Waals surface area contributed by atoms with Crippen LogP contribution >= 0.6 is 0 Å². The van der Waals surface area contributed by atoms with Crippen LogP contribution in [0.2, 0.25) is 0 Å². The van der Waals surface area contributed by atoms with E-state index in [9.17, 15) is 14.7 Å². The third kappa shape index (κ3) is 4.27. The number of aromatic nitrogens is 2. The van der Waals surface area contributed by atoms with E-state index in [1.54, 1.807) is 19.1 Å². The van der Waals surface area contributed by atoms with Crippen molar-refractivity contribution in [2.75, 3.05) is 6.54 Å². The molecule has 1 aliphatic carbocycles. The maximum Gasteiger partial charge on any atom is 0.335 e. The zero-order chi connectivity index (χ0) is 19.4. The van der Waals surface area contributed by atoms with Crippen molar-refractivity contribution in [1.82, 2.24) is 9.55 Å². The van der Waals surface area contributed by atoms with Gasteiger partial charge in [0.15, 0.2) is 0 Å². The molecule has 0 spiro atoms. The van der Waals surface area contributed by atoms with Gasteiger partial charge in [0.25, 0.3) is 5.56 Å². The smallest absolute Gasteiger partial charge is 0.335 e. The van der Waals surface area contributed by atoms with Gasteiger partial charge in [-0.15, -0.1) is 0 Å². The quantitative estimate of drug-likeness (QED) is 0.628. The minimum atomic E-state index is -0.676. The lowest BCUT2D eigenvalue weighted by Crippen LogP contribution is -2.32. The lowest BCUT2D eigenvalue weighted by atomic mass is 9.97. The highest BCUT2D eigenvalue weighted by molar-refractivity contribution is 6.00. The molecule has 1 aromatic heterocycles. The first-order valence-corrected chi connectivity index (χ1v) is 9.32. The molecule has 0 atom stereocenters. The molecule has 1 heterocycles. The zero-order valence-electron chi connectivity index (χ0n) is 15.8. The van der Waals surface area contributed by atoms with Crippen molar-refractivity contribution in [3.05, 3.63) is 67.9 Å². The summed E-state index contributed by atoms with van der Waals surface area (Å²) in [4.78, 5) is 31.3. The minimum absolute atomic E-state index is 0.0350. The Labute approximate surface area is 157 Å². The first-order valence-electron chi connectivity index (χ1n) is 9.32. The van der Waals surface area contributed by atoms with Gasteiger partial charge in [-0.25, -0.2) is 9.36 Å². The summed E-state index contributed by atoms with van der Waals surface area (Å²) in [5.41, 5.74) is 2.08. The monoisotopic (exact) mass is 367 g/mol. The van der Waals surface area contributed by atoms with E-state index in [0.717, 1.165) is 29.4 Å². The van der Waals surface area contributed by atoms with Gasteiger partial charge in [-0.05, 0) is 58.1 Å². The van der Waals surface area contributed by atoms with Crippen LogP contribution in [0.25, 0.3) is 5.69 Å². The molecule has 27 heavy (non-hydrogen) atoms. The molecule has 0 radical (unpaired) electrons. The summed E-state index contributed by atoms with van der Waals surface area (Å²) in [5, 5.41) is 10.6. The summed E-state index contributed by atoms with van der Waals surface area (Å²) in [6, 6.07) is 7.12. The maximum absolute atomic E-state index is 12.3. The van der Waals surface area contributed by atoms with E-state index >= 15 is 0 Å². The number of allylic oxidation sites excluding steroid dienone is 1. The topological polar surface area (TPSA) is 87.4 Å². The van der Waals surface area contributed by atoms with Crippen LogP contribution in [0.1, 0.15) is 50.2 Å². The summed E-state index contributed by atoms with van der Waals surface area (Å²) in [6.07, 6.45) is 7.83. The third-order valence-electron chi connectivity index (χ3n) is 4.91. The van der Waals surface area contributed by atoms with E-state index in [1.807, 2.05) is 19.1 Å². The molecule has 0 aliphatic heterocycles. The highest BCUT2D eigenvalue weighted by Gasteiger charge is 2.17. The second-order valence-corrected chi connectivity index (χ2v) is 6.95. The number of hydrogen-bond acceptors (Lipinski definition) is 4. The number of aryl methyl sites for hydroxylation is 1. The predicted molar refractivity (Wildman–Crippen MR) is 107 cm³/mol. The van der Waals surface area contributed by atoms with Gasteiger partial charge in [0.05, 0.1) is 5.69 Å². The number of aliphatic imine (C=N–C) groups is 1. The van der Waals surface area contributed by atoms with Gasteiger partial charge < -0.3 is 5.11 Å². The van der Waals surface area contributed by atoms with Crippen LogP contribution in [0.15, 0.2) is 50.5 Å². The van der Waals surface area contributed by atoms with Crippen molar-refractivity contribution < 1.29 is 5.11 Å². The Bertz CT molecular complexity index is 995. The average Bonchev–Trinajstić information content (AvgIpc) is 2.64. The lowest BCUT2D eigenvalue weighted by Gasteiger charge is -2.13. The molecular weight excluding hydrogens is 342 g/mol. The fourth-order valence-electron chi connectivity index (χ4n) is 3.36. The standard InChI is InChI=1S/C21H25N3O3/c1-14-8-10-17(11-9-14)24-20(26)18(19(25)23-21(24)27)15(2)22-13-12-16-6-4-3-5-7-16/h6,8-11,26H,3-5,7,12-13H2,1-2H3,(H,23,25,27). The molecule has 0 unspecified atom stereocenters. The zero-order valence-corrected chi connectivity index (χ0v) is 15.8. The molecule has 0 bridgehead atoms. The molecular formula is C21H25N3O3. The number of H-pyrrole nitrogens is 1. The molecule has 0 saturated carbocycles. The van der Waals surface area contributed by atoms with E-state index in [0.29, 0.717) is 17.9 Å². The van der Waals surface area contributed by atoms with E-state index in [2.05, 4.69) is 16.1 Å². The molecule has 3 rings (SSSR count). The number of benzene rings is 1. The Morgan fingerprint density at radius 2 is 1.96 bits per heavy atom. The van der Waals surface area contributed by atoms with Crippen LogP contribution in [0.4, 0.5) is 0 Å². The van der Waals surface area contributed by atoms with Gasteiger partial charge in [0.1, 0.15) is 5.56 Å². The molecule has 1 aliphatic rings. The number of rotatable bonds is 5. The molecule has 2 N–H and O–H groups in total. The van der Waals surface area contributed by atoms with Crippen molar-refractivity contribution in [2.24, 2.45) is 4.99 Å². The van der Waals surface area contributed by atoms with Gasteiger partial charge in [-0.1, -0.05) is 29.3 Å². The second kappa shape index (κ2) is 8.20. The maximum atomic E-state index is 12.3. The molecule has 0 amide bonds. The van der Waals surface area contributed by atoms with Crippen LogP contribution in [0, 0.1) is 6.92 Å². The fourth-order valence-corrected chi connectivity index (χ4v) is 3.36. The Morgan fingerprint density at radius 1 is 1.22 bits per heavy atom. The Kier molecular flexibility index (Phi) is 5.74. The molecule has 2 aromatic rings. The highest BCUT2D eigenvalue weighted by atomic mass is 16.3. The number of nitrogens with zero attached hydrogens (tertiary/aromatic N) is 2. The van der Waals surface area contributed by atoms with Crippen molar-refractivity contribution >= 4 is 5.71 Å². The van der Waals surface area contributed by atoms with Crippen LogP contribution in [0.5, 0.6) is 5.88 Å². The Balaban J connectivity index is 1.92. The summed E-state index contributed by atoms with van der Waals surface area (Å²) in [6.45, 7) is 4.17. The van der Waals surface area contributed by atoms with E-state index in [1.165, 1.54) is 18.4 Å². The summed E-state index contributed by atoms with van der Waals surface area (Å²) >= 11 is 0. The first kappa shape index (κ1) is 18.9. The van der Waals surface area contributed by atoms with Crippen molar-refractivity contribution in [1.29, 1.82) is 0 Å². The Hall–Kier alpha value is -2.89. The largest absolute Gasteiger partial charge is 0.493 e. The SMILES string of the molecule is CC(=NCCC1=CCCCC1)c1c(O)n(-c2ccc(C)cc2)c(=O)[nH]c1=O. The molecule has 6 heteroatoms. The minimum Gasteiger partial charge on any atom is -0.493 e. The number of hydrogen-bond donors (Lipinski definition) is 2. The predicted octanol–water partition coefficient (Wildman–Crippen LogP) is 3.24. The average molecular weight is 367 g/mol. The molecule has 0 fully saturated rings. The van der Waals surface area contributed by atoms with Gasteiger partial charge in [0.2, 0.25) is 5.88 Å². The first-order chi connectivity index (χ1) is 13.0. The number of aromatic amines is 1. The van der Waals surface area contributed by atoms with Gasteiger partial charge in [-0.2, -0.15) is 0 Å². The molecule has 1 aromatic carbocycles. The second-order valence-electron chi connectivity index (χ2n) is 6.95. The lowest BCUT2D eigenvalue weighted by molar-refractivity contribution is 0.429. The molecule has 6 nitrogen and oxygen atoms in total. The summed E-state index contributed by atoms with van der Waals surface area (Å²) in [5.74, 6) is -0.384. The Morgan fingerprint density at radius 3 is 2.63 bits per heavy atom. The van der Waals surface area contributed by atoms with Gasteiger partial charge in [0, 0.05) is 12.3 Å². The summed E-state index contributed by atoms with van der Waals surface area (Å²) < 4.78 is 1.10. The van der Waals surface area contributed by atoms with Gasteiger partial charge >= 0.3 is 5.69 Å². The van der Waals surface area contributed by atoms with Crippen molar-refractivity contribution in [3.8, 4) is 11.6 Å². The molecule has 0 saturated heterocycles. The fraction of sp³-hybridized carbons (Fsp3) is 0.381. The van der Waals surface area contributed by atoms with E-state index in [-0.39, 0.29) is 11.4 Å². The summed E-state index contributed by atoms with van der Waals surface area (Å²) in [7, 11) is 0. The van der Waals surface area contributed by atoms with Crippen LogP contribution in [0.3, 0.4) is 0 Å². The number of nitrogens with one attached hydrogen (secondary N) is 1. The van der Waals surface area contributed by atoms with E-state index < -0.39 is 11.2 Å². The van der Waals surface area contributed by atoms with Crippen molar-refractivity contribution in [3.63, 3.8) is 0 Å². The van der Waals surface area contributed by atoms with Crippen LogP contribution in [-0.2, 0) is 0 Å². The third-order valence-corrected chi connectivity index (χ3v) is 4.91. The van der Waals surface area contributed by atoms with Crippen molar-refractivity contribution in [2.45, 2.75) is 46.0 Å². The van der Waals surface area contributed by atoms with E-state index in [4.69, 9.17) is 0 Å². The normalized spacial score (nSPS) is 14.9. The number of aromatic hydroxyl groups is 1. The van der Waals surface area contributed by atoms with Gasteiger partial charge in [-0.3, -0.25) is 14.8 Å². The highest BCUT2D eigenvalue weighted by Crippen LogP contribution is 2.21. The molecule has 142 valence electrons. The van der Waals surface area contributed by atoms with Crippen LogP contribution in [-0.4, -0.2) is 26.9 Å². The van der Waals surface area contributed by atoms with Crippen LogP contribution < -0.4 is 11.2 Å².